The summed E-state index contributed by atoms with van der Waals surface area (Å²) >= 11 is 0. The highest BCUT2D eigenvalue weighted by Gasteiger charge is 2.02. The number of rotatable bonds is 4. The van der Waals surface area contributed by atoms with Gasteiger partial charge in [0.25, 0.3) is 5.91 Å². The molecule has 0 aliphatic carbocycles. The molecule has 2 rings (SSSR count). The van der Waals surface area contributed by atoms with E-state index >= 15 is 0 Å². The van der Waals surface area contributed by atoms with Crippen LogP contribution in [-0.4, -0.2) is 19.2 Å². The van der Waals surface area contributed by atoms with Gasteiger partial charge in [0, 0.05) is 5.56 Å². The zero-order chi connectivity index (χ0) is 14.4. The smallest absolute Gasteiger partial charge is 0.271 e. The molecule has 0 heterocycles. The van der Waals surface area contributed by atoms with Gasteiger partial charge in [0.05, 0.1) is 13.3 Å². The molecular weight excluding hydrogens is 252 g/mol. The molecule has 0 aliphatic rings. The van der Waals surface area contributed by atoms with Crippen molar-refractivity contribution in [3.05, 3.63) is 65.2 Å². The molecule has 4 nitrogen and oxygen atoms in total. The largest absolute Gasteiger partial charge is 0.497 e. The van der Waals surface area contributed by atoms with Crippen molar-refractivity contribution in [2.24, 2.45) is 5.10 Å². The standard InChI is InChI=1S/C16H16N2O2/c1-12-6-8-14(9-7-12)16(19)18-17-11-13-4-3-5-15(10-13)20-2/h3-11H,1-2H3,(H,18,19). The first-order valence-electron chi connectivity index (χ1n) is 6.23. The summed E-state index contributed by atoms with van der Waals surface area (Å²) in [5.41, 5.74) is 5.04. The second kappa shape index (κ2) is 6.52. The number of methoxy groups -OCH3 is 1. The monoisotopic (exact) mass is 268 g/mol. The molecule has 0 radical (unpaired) electrons. The number of aryl methyl sites for hydroxylation is 1. The number of carbonyl (C=O) groups is 1. The number of hydrazone groups is 1. The number of hydrogen-bond donors (Lipinski definition) is 1. The van der Waals surface area contributed by atoms with Crippen LogP contribution in [0.1, 0.15) is 21.5 Å². The predicted molar refractivity (Wildman–Crippen MR) is 79.2 cm³/mol. The second-order valence-corrected chi connectivity index (χ2v) is 4.34. The van der Waals surface area contributed by atoms with Gasteiger partial charge in [-0.3, -0.25) is 4.79 Å². The first-order chi connectivity index (χ1) is 9.69. The van der Waals surface area contributed by atoms with Crippen molar-refractivity contribution in [1.29, 1.82) is 0 Å². The molecule has 0 aromatic heterocycles. The van der Waals surface area contributed by atoms with Gasteiger partial charge in [0.1, 0.15) is 5.75 Å². The number of amides is 1. The van der Waals surface area contributed by atoms with E-state index in [0.717, 1.165) is 16.9 Å². The SMILES string of the molecule is COc1cccc(C=NNC(=O)c2ccc(C)cc2)c1. The number of nitrogens with zero attached hydrogens (tertiary/aromatic N) is 1. The molecule has 102 valence electrons. The van der Waals surface area contributed by atoms with Crippen LogP contribution < -0.4 is 10.2 Å². The van der Waals surface area contributed by atoms with Crippen LogP contribution in [0, 0.1) is 6.92 Å². The molecule has 0 fully saturated rings. The zero-order valence-corrected chi connectivity index (χ0v) is 11.5. The molecule has 4 heteroatoms. The summed E-state index contributed by atoms with van der Waals surface area (Å²) in [5, 5.41) is 3.94. The summed E-state index contributed by atoms with van der Waals surface area (Å²) in [4.78, 5) is 11.8. The molecule has 2 aromatic carbocycles. The molecular formula is C16H16N2O2. The molecule has 0 unspecified atom stereocenters. The number of nitrogens with one attached hydrogen (secondary N) is 1. The molecule has 1 amide bonds. The molecule has 20 heavy (non-hydrogen) atoms. The van der Waals surface area contributed by atoms with Crippen LogP contribution in [0.2, 0.25) is 0 Å². The van der Waals surface area contributed by atoms with Crippen LogP contribution in [0.5, 0.6) is 5.75 Å². The molecule has 0 aliphatic heterocycles. The lowest BCUT2D eigenvalue weighted by atomic mass is 10.1. The van der Waals surface area contributed by atoms with Crippen molar-refractivity contribution >= 4 is 12.1 Å². The van der Waals surface area contributed by atoms with E-state index in [4.69, 9.17) is 4.74 Å². The average Bonchev–Trinajstić information content (AvgIpc) is 2.48. The zero-order valence-electron chi connectivity index (χ0n) is 11.5. The summed E-state index contributed by atoms with van der Waals surface area (Å²) in [6.45, 7) is 1.97. The molecule has 0 saturated heterocycles. The van der Waals surface area contributed by atoms with E-state index in [1.165, 1.54) is 0 Å². The Bertz CT molecular complexity index is 619. The quantitative estimate of drug-likeness (QED) is 0.684. The maximum Gasteiger partial charge on any atom is 0.271 e. The van der Waals surface area contributed by atoms with E-state index in [-0.39, 0.29) is 5.91 Å². The van der Waals surface area contributed by atoms with Crippen molar-refractivity contribution in [2.45, 2.75) is 6.92 Å². The normalized spacial score (nSPS) is 10.5. The van der Waals surface area contributed by atoms with Gasteiger partial charge in [0.15, 0.2) is 0 Å². The fraction of sp³-hybridized carbons (Fsp3) is 0.125. The van der Waals surface area contributed by atoms with E-state index in [9.17, 15) is 4.79 Å². The third kappa shape index (κ3) is 3.68. The number of ether oxygens (including phenoxy) is 1. The van der Waals surface area contributed by atoms with Crippen LogP contribution >= 0.6 is 0 Å². The first-order valence-corrected chi connectivity index (χ1v) is 6.23. The number of benzene rings is 2. The highest BCUT2D eigenvalue weighted by Crippen LogP contribution is 2.10. The van der Waals surface area contributed by atoms with Gasteiger partial charge >= 0.3 is 0 Å². The van der Waals surface area contributed by atoms with Crippen molar-refractivity contribution in [3.8, 4) is 5.75 Å². The summed E-state index contributed by atoms with van der Waals surface area (Å²) in [5.74, 6) is 0.517. The Morgan fingerprint density at radius 3 is 2.65 bits per heavy atom. The Labute approximate surface area is 118 Å². The summed E-state index contributed by atoms with van der Waals surface area (Å²) in [7, 11) is 1.61. The van der Waals surface area contributed by atoms with Crippen molar-refractivity contribution in [3.63, 3.8) is 0 Å². The minimum atomic E-state index is -0.232. The highest BCUT2D eigenvalue weighted by molar-refractivity contribution is 5.94. The molecule has 0 spiro atoms. The molecule has 0 bridgehead atoms. The van der Waals surface area contributed by atoms with E-state index in [2.05, 4.69) is 10.5 Å². The third-order valence-corrected chi connectivity index (χ3v) is 2.79. The number of hydrogen-bond acceptors (Lipinski definition) is 3. The van der Waals surface area contributed by atoms with E-state index in [1.54, 1.807) is 25.5 Å². The number of carbonyl (C=O) groups excluding carboxylic acids is 1. The fourth-order valence-corrected chi connectivity index (χ4v) is 1.66. The average molecular weight is 268 g/mol. The third-order valence-electron chi connectivity index (χ3n) is 2.79. The Hall–Kier alpha value is -2.62. The van der Waals surface area contributed by atoms with Crippen LogP contribution in [0.25, 0.3) is 0 Å². The maximum atomic E-state index is 11.8. The van der Waals surface area contributed by atoms with Gasteiger partial charge < -0.3 is 4.74 Å². The lowest BCUT2D eigenvalue weighted by Crippen LogP contribution is -2.17. The maximum absolute atomic E-state index is 11.8. The fourth-order valence-electron chi connectivity index (χ4n) is 1.66. The van der Waals surface area contributed by atoms with E-state index in [1.807, 2.05) is 43.3 Å². The van der Waals surface area contributed by atoms with Crippen LogP contribution in [-0.2, 0) is 0 Å². The van der Waals surface area contributed by atoms with Gasteiger partial charge in [-0.1, -0.05) is 29.8 Å². The summed E-state index contributed by atoms with van der Waals surface area (Å²) < 4.78 is 5.11. The van der Waals surface area contributed by atoms with Gasteiger partial charge in [-0.2, -0.15) is 5.10 Å². The second-order valence-electron chi connectivity index (χ2n) is 4.34. The van der Waals surface area contributed by atoms with Crippen LogP contribution in [0.3, 0.4) is 0 Å². The van der Waals surface area contributed by atoms with Crippen molar-refractivity contribution < 1.29 is 9.53 Å². The molecule has 1 N–H and O–H groups in total. The first kappa shape index (κ1) is 13.8. The Morgan fingerprint density at radius 2 is 1.95 bits per heavy atom. The van der Waals surface area contributed by atoms with Gasteiger partial charge in [-0.15, -0.1) is 0 Å². The Balaban J connectivity index is 1.98. The highest BCUT2D eigenvalue weighted by atomic mass is 16.5. The van der Waals surface area contributed by atoms with Crippen molar-refractivity contribution in [1.82, 2.24) is 5.43 Å². The molecule has 0 saturated carbocycles. The molecule has 2 aromatic rings. The van der Waals surface area contributed by atoms with Gasteiger partial charge in [-0.25, -0.2) is 5.43 Å². The van der Waals surface area contributed by atoms with Crippen molar-refractivity contribution in [2.75, 3.05) is 7.11 Å². The topological polar surface area (TPSA) is 50.7 Å². The lowest BCUT2D eigenvalue weighted by Gasteiger charge is -2.01. The lowest BCUT2D eigenvalue weighted by molar-refractivity contribution is 0.0955. The van der Waals surface area contributed by atoms with Gasteiger partial charge in [-0.05, 0) is 36.8 Å². The van der Waals surface area contributed by atoms with Gasteiger partial charge in [0.2, 0.25) is 0 Å². The minimum absolute atomic E-state index is 0.232. The van der Waals surface area contributed by atoms with E-state index in [0.29, 0.717) is 5.56 Å². The van der Waals surface area contributed by atoms with Crippen LogP contribution in [0.15, 0.2) is 53.6 Å². The Kier molecular flexibility index (Phi) is 4.50. The predicted octanol–water partition coefficient (Wildman–Crippen LogP) is 2.77. The molecule has 0 atom stereocenters. The Morgan fingerprint density at radius 1 is 1.20 bits per heavy atom. The van der Waals surface area contributed by atoms with E-state index < -0.39 is 0 Å². The summed E-state index contributed by atoms with van der Waals surface area (Å²) in [6.07, 6.45) is 1.58. The summed E-state index contributed by atoms with van der Waals surface area (Å²) in [6, 6.07) is 14.7. The minimum Gasteiger partial charge on any atom is -0.497 e. The van der Waals surface area contributed by atoms with Crippen LogP contribution in [0.4, 0.5) is 0 Å².